The van der Waals surface area contributed by atoms with E-state index >= 15 is 0 Å². The van der Waals surface area contributed by atoms with Crippen molar-refractivity contribution in [2.45, 2.75) is 103 Å². The van der Waals surface area contributed by atoms with E-state index in [2.05, 4.69) is 75.7 Å². The van der Waals surface area contributed by atoms with Crippen molar-refractivity contribution in [3.05, 3.63) is 238 Å². The molecule has 0 spiro atoms. The molecule has 2 amide bonds. The third kappa shape index (κ3) is 20.6. The zero-order chi connectivity index (χ0) is 54.6. The molecule has 3 atom stereocenters. The molecule has 6 aromatic carbocycles. The zero-order valence-electron chi connectivity index (χ0n) is 45.2. The number of carbonyl (C=O) groups excluding carboxylic acids is 2. The van der Waals surface area contributed by atoms with Crippen LogP contribution in [0.4, 0.5) is 11.4 Å². The Morgan fingerprint density at radius 1 is 0.532 bits per heavy atom. The first-order valence-electron chi connectivity index (χ1n) is 26.8. The number of carboxylic acid groups (broad SMARTS) is 2. The van der Waals surface area contributed by atoms with Crippen molar-refractivity contribution in [2.75, 3.05) is 19.6 Å². The molecule has 2 aliphatic rings. The number of aliphatic carboxylic acids is 2. The van der Waals surface area contributed by atoms with Gasteiger partial charge in [-0.3, -0.25) is 24.6 Å². The summed E-state index contributed by atoms with van der Waals surface area (Å²) < 4.78 is 0. The molecule has 2 unspecified atom stereocenters. The van der Waals surface area contributed by atoms with Crippen LogP contribution in [0.3, 0.4) is 0 Å². The van der Waals surface area contributed by atoms with Crippen molar-refractivity contribution >= 4 is 46.6 Å². The van der Waals surface area contributed by atoms with Gasteiger partial charge in [-0.05, 0) is 86.7 Å². The normalized spacial score (nSPS) is 15.8. The van der Waals surface area contributed by atoms with Crippen LogP contribution in [0, 0.1) is 0 Å². The van der Waals surface area contributed by atoms with Gasteiger partial charge in [-0.15, -0.1) is 11.4 Å². The average molecular weight is 1150 g/mol. The number of allylic oxidation sites excluding steroid dienone is 3. The van der Waals surface area contributed by atoms with Crippen molar-refractivity contribution in [1.29, 1.82) is 0 Å². The van der Waals surface area contributed by atoms with Crippen LogP contribution in [-0.2, 0) is 65.3 Å². The molecule has 2 saturated heterocycles. The van der Waals surface area contributed by atoms with E-state index in [0.717, 1.165) is 56.3 Å². The second-order valence-electron chi connectivity index (χ2n) is 18.7. The molecule has 2 N–H and O–H groups in total. The molecule has 2 fully saturated rings. The van der Waals surface area contributed by atoms with E-state index in [1.54, 1.807) is 12.1 Å². The minimum atomic E-state index is -1.02. The Balaban J connectivity index is 0.000000304. The number of nitrogens with zero attached hydrogens (tertiary/aromatic N) is 6. The van der Waals surface area contributed by atoms with E-state index in [-0.39, 0.29) is 69.8 Å². The number of benzene rings is 6. The van der Waals surface area contributed by atoms with Crippen LogP contribution in [0.5, 0.6) is 0 Å². The fourth-order valence-electron chi connectivity index (χ4n) is 9.22. The minimum Gasteiger partial charge on any atom is -0.625 e. The fourth-order valence-corrected chi connectivity index (χ4v) is 9.22. The van der Waals surface area contributed by atoms with Gasteiger partial charge in [-0.2, -0.15) is 0 Å². The first-order chi connectivity index (χ1) is 37.6. The quantitative estimate of drug-likeness (QED) is 0.0408. The number of amides is 2. The van der Waals surface area contributed by atoms with Gasteiger partial charge in [0.1, 0.15) is 6.54 Å². The Hall–Kier alpha value is -7.07. The minimum absolute atomic E-state index is 0. The number of carboxylic acids is 2. The van der Waals surface area contributed by atoms with Crippen LogP contribution in [0.25, 0.3) is 10.6 Å². The maximum atomic E-state index is 13.5. The summed E-state index contributed by atoms with van der Waals surface area (Å²) in [7, 11) is 0. The molecule has 14 heteroatoms. The molecule has 2 aliphatic heterocycles. The summed E-state index contributed by atoms with van der Waals surface area (Å²) >= 11 is 0. The number of likely N-dealkylation sites (tertiary alicyclic amines) is 2. The molecule has 79 heavy (non-hydrogen) atoms. The van der Waals surface area contributed by atoms with E-state index < -0.39 is 18.0 Å². The van der Waals surface area contributed by atoms with Gasteiger partial charge in [0.2, 0.25) is 0 Å². The number of hydrogen-bond donors (Lipinski definition) is 2. The largest absolute Gasteiger partial charge is 0.625 e. The summed E-state index contributed by atoms with van der Waals surface area (Å²) in [6.45, 7) is 9.06. The van der Waals surface area contributed by atoms with Crippen molar-refractivity contribution < 1.29 is 62.4 Å². The van der Waals surface area contributed by atoms with Crippen molar-refractivity contribution in [2.24, 2.45) is 9.98 Å². The number of aliphatic imine (C=N–C) groups is 2. The molecular weight excluding hydrogens is 1080 g/mol. The molecular formula is C65H72N6Ni2O6-2. The molecule has 6 aromatic rings. The number of rotatable bonds is 21. The van der Waals surface area contributed by atoms with Gasteiger partial charge in [0, 0.05) is 57.2 Å². The summed E-state index contributed by atoms with van der Waals surface area (Å²) in [5.74, 6) is -2.37. The third-order valence-electron chi connectivity index (χ3n) is 13.0. The molecule has 0 aliphatic carbocycles. The first-order valence-corrected chi connectivity index (χ1v) is 26.8. The second-order valence-corrected chi connectivity index (χ2v) is 18.7. The summed E-state index contributed by atoms with van der Waals surface area (Å²) in [6, 6.07) is 52.3. The van der Waals surface area contributed by atoms with E-state index in [4.69, 9.17) is 4.99 Å². The summed E-state index contributed by atoms with van der Waals surface area (Å²) in [5, 5.41) is 28.2. The Morgan fingerprint density at radius 3 is 1.33 bits per heavy atom. The molecule has 8 rings (SSSR count). The Labute approximate surface area is 487 Å². The van der Waals surface area contributed by atoms with Gasteiger partial charge in [0.05, 0.1) is 35.3 Å². The van der Waals surface area contributed by atoms with Gasteiger partial charge in [0.25, 0.3) is 0 Å². The molecule has 0 aromatic heterocycles. The Morgan fingerprint density at radius 2 is 0.911 bits per heavy atom. The van der Waals surface area contributed by atoms with Crippen LogP contribution in [0.2, 0.25) is 0 Å². The molecule has 420 valence electrons. The zero-order valence-corrected chi connectivity index (χ0v) is 47.2. The second kappa shape index (κ2) is 35.4. The predicted octanol–water partition coefficient (Wildman–Crippen LogP) is 13.7. The summed E-state index contributed by atoms with van der Waals surface area (Å²) in [6.07, 6.45) is 15.1. The fraction of sp³-hybridized carbons (Fsp3) is 0.292. The van der Waals surface area contributed by atoms with E-state index in [0.29, 0.717) is 47.0 Å². The molecule has 0 saturated carbocycles. The number of hydrogen-bond acceptors (Lipinski definition) is 8. The Kier molecular flexibility index (Phi) is 28.9. The Bertz CT molecular complexity index is 2920. The van der Waals surface area contributed by atoms with Gasteiger partial charge < -0.3 is 30.4 Å². The summed E-state index contributed by atoms with van der Waals surface area (Å²) in [5.41, 5.74) is 7.21. The van der Waals surface area contributed by atoms with Crippen molar-refractivity contribution in [3.63, 3.8) is 0 Å². The van der Waals surface area contributed by atoms with Crippen molar-refractivity contribution in [3.8, 4) is 0 Å². The maximum Gasteiger partial charge on any atom is 0.328 e. The van der Waals surface area contributed by atoms with Crippen LogP contribution in [0.1, 0.15) is 106 Å². The summed E-state index contributed by atoms with van der Waals surface area (Å²) in [4.78, 5) is 63.4. The number of para-hydroxylation sites is 2. The average Bonchev–Trinajstić information content (AvgIpc) is 4.18. The molecule has 2 heterocycles. The SMILES string of the molecule is CC/C=C/CC.CC/C=C/C[C@@H](N=C(c1ccccc1)c1ccccc1[N-]C(=O)C1CCCN1Cc1ccccc1)C(=O)O.O=C(O)CN=C(c1ccccc1)c1ccccc1[N-]C(=O)C1CCCN1Cc1ccccc1.[Ni].[Ni]. The van der Waals surface area contributed by atoms with Gasteiger partial charge >= 0.3 is 11.9 Å². The van der Waals surface area contributed by atoms with Gasteiger partial charge in [0.15, 0.2) is 6.04 Å². The smallest absolute Gasteiger partial charge is 0.328 e. The molecule has 0 radical (unpaired) electrons. The number of carbonyl (C=O) groups is 4. The standard InChI is InChI=1S/C32H35N3O3.C27H27N3O3.C6H12.2Ni/c1-2-3-6-20-28(32(37)38)33-30(25-16-9-5-10-17-25)26-18-11-12-19-27(26)34-31(36)29-21-13-22-35(29)23-24-14-7-4-8-15-24;31-25(32)18-28-26(21-12-5-2-6-13-21)22-14-7-8-15-23(22)29-27(33)24-16-9-17-30(24)19-20-10-3-1-4-11-20;1-3-5-6-4-2;;/h3-12,14-19,28-29H,2,13,20-23H2,1H3,(H2,33,34,36,37,38);1-8,10-15,24H,9,16-19H2,(H2,28,29,31,32,33);5-6H,3-4H2,1-2H3;;/p-2/b6-3+;;6-5+;;/t28-,29?;;;;/m1..../s1. The van der Waals surface area contributed by atoms with Gasteiger partial charge in [-0.1, -0.05) is 215 Å². The third-order valence-corrected chi connectivity index (χ3v) is 13.0. The molecule has 0 bridgehead atoms. The van der Waals surface area contributed by atoms with Crippen LogP contribution in [-0.4, -0.2) is 92.9 Å². The topological polar surface area (TPSA) is 168 Å². The monoisotopic (exact) mass is 1150 g/mol. The maximum absolute atomic E-state index is 13.5. The van der Waals surface area contributed by atoms with Crippen LogP contribution >= 0.6 is 0 Å². The van der Waals surface area contributed by atoms with Crippen LogP contribution < -0.4 is 0 Å². The first kappa shape index (κ1) is 64.5. The predicted molar refractivity (Wildman–Crippen MR) is 311 cm³/mol. The van der Waals surface area contributed by atoms with Crippen LogP contribution in [0.15, 0.2) is 204 Å². The van der Waals surface area contributed by atoms with Gasteiger partial charge in [-0.25, -0.2) is 4.79 Å². The van der Waals surface area contributed by atoms with E-state index in [9.17, 15) is 29.4 Å². The van der Waals surface area contributed by atoms with E-state index in [1.807, 2.05) is 153 Å². The van der Waals surface area contributed by atoms with Crippen molar-refractivity contribution in [1.82, 2.24) is 9.80 Å². The molecule has 12 nitrogen and oxygen atoms in total. The van der Waals surface area contributed by atoms with E-state index in [1.165, 1.54) is 24.0 Å².